The number of aliphatic hydroxyl groups is 1. The van der Waals surface area contributed by atoms with Crippen molar-refractivity contribution in [1.29, 1.82) is 0 Å². The molecule has 1 saturated heterocycles. The fraction of sp³-hybridized carbons (Fsp3) is 0.625. The van der Waals surface area contributed by atoms with Gasteiger partial charge >= 0.3 is 0 Å². The summed E-state index contributed by atoms with van der Waals surface area (Å²) < 4.78 is 11.9. The highest BCUT2D eigenvalue weighted by Crippen LogP contribution is 2.36. The van der Waals surface area contributed by atoms with Gasteiger partial charge in [-0.25, -0.2) is 0 Å². The number of rotatable bonds is 4. The molecule has 0 amide bonds. The van der Waals surface area contributed by atoms with E-state index in [-0.39, 0.29) is 18.1 Å². The van der Waals surface area contributed by atoms with Gasteiger partial charge in [0.1, 0.15) is 0 Å². The van der Waals surface area contributed by atoms with Gasteiger partial charge in [-0.3, -0.25) is 0 Å². The summed E-state index contributed by atoms with van der Waals surface area (Å²) in [6.45, 7) is 6.74. The Balaban J connectivity index is 1.96. The molecule has 3 nitrogen and oxygen atoms in total. The number of aryl methyl sites for hydroxylation is 1. The third-order valence-corrected chi connectivity index (χ3v) is 3.89. The summed E-state index contributed by atoms with van der Waals surface area (Å²) in [5, 5.41) is 9.46. The second-order valence-electron chi connectivity index (χ2n) is 6.19. The van der Waals surface area contributed by atoms with Crippen LogP contribution in [0.2, 0.25) is 0 Å². The Morgan fingerprint density at radius 2 is 1.89 bits per heavy atom. The van der Waals surface area contributed by atoms with Gasteiger partial charge in [0.15, 0.2) is 5.79 Å². The molecule has 1 aromatic carbocycles. The second kappa shape index (κ2) is 5.61. The topological polar surface area (TPSA) is 38.7 Å². The molecule has 0 spiro atoms. The van der Waals surface area contributed by atoms with Crippen molar-refractivity contribution in [3.05, 3.63) is 35.9 Å². The highest BCUT2D eigenvalue weighted by molar-refractivity contribution is 5.14. The van der Waals surface area contributed by atoms with Gasteiger partial charge in [0, 0.05) is 11.8 Å². The minimum absolute atomic E-state index is 0.0390. The number of benzene rings is 1. The maximum Gasteiger partial charge on any atom is 0.166 e. The van der Waals surface area contributed by atoms with Crippen molar-refractivity contribution in [2.45, 2.75) is 45.5 Å². The first-order chi connectivity index (χ1) is 8.95. The molecule has 0 aromatic heterocycles. The highest BCUT2D eigenvalue weighted by Gasteiger charge is 2.43. The summed E-state index contributed by atoms with van der Waals surface area (Å²) in [6.07, 6.45) is 1.54. The van der Waals surface area contributed by atoms with Gasteiger partial charge in [0.2, 0.25) is 0 Å². The first-order valence-corrected chi connectivity index (χ1v) is 6.92. The lowest BCUT2D eigenvalue weighted by atomic mass is 9.86. The van der Waals surface area contributed by atoms with E-state index >= 15 is 0 Å². The van der Waals surface area contributed by atoms with Gasteiger partial charge in [0.25, 0.3) is 0 Å². The monoisotopic (exact) mass is 264 g/mol. The molecule has 106 valence electrons. The Kier molecular flexibility index (Phi) is 4.29. The summed E-state index contributed by atoms with van der Waals surface area (Å²) in [7, 11) is 0. The van der Waals surface area contributed by atoms with Crippen LogP contribution in [0.1, 0.15) is 32.8 Å². The highest BCUT2D eigenvalue weighted by atomic mass is 16.7. The number of aliphatic hydroxyl groups excluding tert-OH is 1. The van der Waals surface area contributed by atoms with Crippen LogP contribution < -0.4 is 0 Å². The SMILES string of the molecule is CC1(C)CO[C@@](C)(CCc2ccccc2)O[C@H]1CO. The zero-order chi connectivity index (χ0) is 13.9. The fourth-order valence-corrected chi connectivity index (χ4v) is 2.36. The van der Waals surface area contributed by atoms with E-state index in [0.717, 1.165) is 12.8 Å². The zero-order valence-electron chi connectivity index (χ0n) is 12.1. The van der Waals surface area contributed by atoms with Crippen LogP contribution in [0.25, 0.3) is 0 Å². The molecular weight excluding hydrogens is 240 g/mol. The van der Waals surface area contributed by atoms with Crippen LogP contribution in [0.3, 0.4) is 0 Å². The van der Waals surface area contributed by atoms with Crippen molar-refractivity contribution in [2.24, 2.45) is 5.41 Å². The smallest absolute Gasteiger partial charge is 0.166 e. The first-order valence-electron chi connectivity index (χ1n) is 6.92. The maximum absolute atomic E-state index is 9.46. The standard InChI is InChI=1S/C16H24O3/c1-15(2)12-18-16(3,19-14(15)11-17)10-9-13-7-5-4-6-8-13/h4-8,14,17H,9-12H2,1-3H3/t14-,16+/m0/s1. The van der Waals surface area contributed by atoms with E-state index in [0.29, 0.717) is 6.61 Å². The molecule has 2 rings (SSSR count). The molecule has 2 atom stereocenters. The van der Waals surface area contributed by atoms with E-state index in [1.54, 1.807) is 0 Å². The summed E-state index contributed by atoms with van der Waals surface area (Å²) >= 11 is 0. The van der Waals surface area contributed by atoms with Crippen molar-refractivity contribution in [3.8, 4) is 0 Å². The summed E-state index contributed by atoms with van der Waals surface area (Å²) in [5.41, 5.74) is 1.14. The molecule has 0 bridgehead atoms. The van der Waals surface area contributed by atoms with Crippen molar-refractivity contribution >= 4 is 0 Å². The van der Waals surface area contributed by atoms with Gasteiger partial charge in [0.05, 0.1) is 19.3 Å². The predicted molar refractivity (Wildman–Crippen MR) is 74.9 cm³/mol. The Labute approximate surface area is 115 Å². The molecule has 0 unspecified atom stereocenters. The molecule has 3 heteroatoms. The molecule has 1 aliphatic heterocycles. The van der Waals surface area contributed by atoms with E-state index in [9.17, 15) is 5.11 Å². The Morgan fingerprint density at radius 3 is 2.53 bits per heavy atom. The minimum atomic E-state index is -0.598. The van der Waals surface area contributed by atoms with E-state index in [1.807, 2.05) is 25.1 Å². The molecule has 1 aromatic rings. The van der Waals surface area contributed by atoms with Crippen molar-refractivity contribution in [1.82, 2.24) is 0 Å². The Morgan fingerprint density at radius 1 is 1.21 bits per heavy atom. The molecule has 1 N–H and O–H groups in total. The van der Waals surface area contributed by atoms with Crippen LogP contribution in [0.4, 0.5) is 0 Å². The normalized spacial score (nSPS) is 30.2. The minimum Gasteiger partial charge on any atom is -0.394 e. The van der Waals surface area contributed by atoms with Crippen LogP contribution in [0, 0.1) is 5.41 Å². The van der Waals surface area contributed by atoms with E-state index in [4.69, 9.17) is 9.47 Å². The number of ether oxygens (including phenoxy) is 2. The van der Waals surface area contributed by atoms with Gasteiger partial charge in [-0.1, -0.05) is 44.2 Å². The average Bonchev–Trinajstić information content (AvgIpc) is 2.41. The zero-order valence-corrected chi connectivity index (χ0v) is 12.1. The van der Waals surface area contributed by atoms with Gasteiger partial charge < -0.3 is 14.6 Å². The van der Waals surface area contributed by atoms with Crippen LogP contribution >= 0.6 is 0 Å². The van der Waals surface area contributed by atoms with Crippen LogP contribution in [-0.4, -0.2) is 30.2 Å². The fourth-order valence-electron chi connectivity index (χ4n) is 2.36. The Bertz CT molecular complexity index is 402. The quantitative estimate of drug-likeness (QED) is 0.909. The van der Waals surface area contributed by atoms with Gasteiger partial charge in [-0.2, -0.15) is 0 Å². The summed E-state index contributed by atoms with van der Waals surface area (Å²) in [5.74, 6) is -0.598. The summed E-state index contributed by atoms with van der Waals surface area (Å²) in [6, 6.07) is 10.3. The van der Waals surface area contributed by atoms with E-state index < -0.39 is 5.79 Å². The van der Waals surface area contributed by atoms with E-state index in [1.165, 1.54) is 5.56 Å². The average molecular weight is 264 g/mol. The molecule has 1 heterocycles. The summed E-state index contributed by atoms with van der Waals surface area (Å²) in [4.78, 5) is 0. The number of hydrogen-bond acceptors (Lipinski definition) is 3. The predicted octanol–water partition coefficient (Wildman–Crippen LogP) is 2.77. The lowest BCUT2D eigenvalue weighted by Gasteiger charge is -2.46. The molecule has 0 radical (unpaired) electrons. The number of hydrogen-bond donors (Lipinski definition) is 1. The molecule has 0 saturated carbocycles. The molecule has 1 aliphatic rings. The van der Waals surface area contributed by atoms with Crippen molar-refractivity contribution in [3.63, 3.8) is 0 Å². The second-order valence-corrected chi connectivity index (χ2v) is 6.19. The molecular formula is C16H24O3. The Hall–Kier alpha value is -0.900. The lowest BCUT2D eigenvalue weighted by Crippen LogP contribution is -2.53. The van der Waals surface area contributed by atoms with Gasteiger partial charge in [-0.05, 0) is 18.9 Å². The lowest BCUT2D eigenvalue weighted by molar-refractivity contribution is -0.327. The van der Waals surface area contributed by atoms with E-state index in [2.05, 4.69) is 26.0 Å². The van der Waals surface area contributed by atoms with Gasteiger partial charge in [-0.15, -0.1) is 0 Å². The largest absolute Gasteiger partial charge is 0.394 e. The van der Waals surface area contributed by atoms with Crippen LogP contribution in [0.15, 0.2) is 30.3 Å². The first kappa shape index (κ1) is 14.5. The van der Waals surface area contributed by atoms with Crippen molar-refractivity contribution < 1.29 is 14.6 Å². The van der Waals surface area contributed by atoms with Crippen LogP contribution in [-0.2, 0) is 15.9 Å². The van der Waals surface area contributed by atoms with Crippen molar-refractivity contribution in [2.75, 3.05) is 13.2 Å². The molecule has 19 heavy (non-hydrogen) atoms. The third kappa shape index (κ3) is 3.56. The van der Waals surface area contributed by atoms with Crippen LogP contribution in [0.5, 0.6) is 0 Å². The molecule has 1 fully saturated rings. The third-order valence-electron chi connectivity index (χ3n) is 3.89. The molecule has 0 aliphatic carbocycles. The maximum atomic E-state index is 9.46.